The molecule has 2 aliphatic heterocycles. The summed E-state index contributed by atoms with van der Waals surface area (Å²) in [7, 11) is -7.63. The van der Waals surface area contributed by atoms with Crippen LogP contribution in [0.15, 0.2) is 0 Å². The number of hydrogen-bond acceptors (Lipinski definition) is 9. The van der Waals surface area contributed by atoms with E-state index in [1.165, 1.54) is 0 Å². The van der Waals surface area contributed by atoms with Gasteiger partial charge in [0.1, 0.15) is 0 Å². The molecule has 2 rings (SSSR count). The molecule has 0 aromatic heterocycles. The van der Waals surface area contributed by atoms with Crippen LogP contribution in [-0.4, -0.2) is 79.7 Å². The minimum absolute atomic E-state index is 0. The lowest BCUT2D eigenvalue weighted by molar-refractivity contribution is 0.133. The van der Waals surface area contributed by atoms with Crippen molar-refractivity contribution in [2.75, 3.05) is 0 Å². The van der Waals surface area contributed by atoms with Gasteiger partial charge in [0.2, 0.25) is 0 Å². The first kappa shape index (κ1) is 22.9. The predicted octanol–water partition coefficient (Wildman–Crippen LogP) is -5.97. The highest BCUT2D eigenvalue weighted by atomic mass is 28.3. The van der Waals surface area contributed by atoms with Crippen LogP contribution in [0.1, 0.15) is 0 Å². The summed E-state index contributed by atoms with van der Waals surface area (Å²) < 4.78 is 59.0. The van der Waals surface area contributed by atoms with E-state index < -0.39 is 57.8 Å². The van der Waals surface area contributed by atoms with Crippen molar-refractivity contribution in [2.24, 2.45) is 0 Å². The van der Waals surface area contributed by atoms with Crippen molar-refractivity contribution in [1.82, 2.24) is 0 Å². The largest absolute Gasteiger partial charge is 1.16 e. The lowest BCUT2D eigenvalue weighted by Crippen LogP contribution is -2.51. The van der Waals surface area contributed by atoms with E-state index in [2.05, 4.69) is 20.9 Å². The summed E-state index contributed by atoms with van der Waals surface area (Å²) in [5.74, 6) is 0. The average molecular weight is 354 g/mol. The summed E-state index contributed by atoms with van der Waals surface area (Å²) in [6.07, 6.45) is 0. The van der Waals surface area contributed by atoms with Gasteiger partial charge in [-0.05, 0) is 0 Å². The Kier molecular flexibility index (Phi) is 12.3. The first-order valence-electron chi connectivity index (χ1n) is 3.25. The molecule has 0 bridgehead atoms. The van der Waals surface area contributed by atoms with Crippen LogP contribution in [0.3, 0.4) is 0 Å². The summed E-state index contributed by atoms with van der Waals surface area (Å²) in [4.78, 5) is 0. The Morgan fingerprint density at radius 1 is 0.778 bits per heavy atom. The molecule has 0 aliphatic carbocycles. The third kappa shape index (κ3) is 6.08. The Morgan fingerprint density at radius 3 is 1.28 bits per heavy atom. The van der Waals surface area contributed by atoms with Gasteiger partial charge < -0.3 is 42.8 Å². The van der Waals surface area contributed by atoms with Gasteiger partial charge in [0.25, 0.3) is 0 Å². The molecule has 2 fully saturated rings. The normalized spacial score (nSPS) is 13.8. The molecule has 2 aliphatic rings. The van der Waals surface area contributed by atoms with Crippen molar-refractivity contribution in [3.8, 4) is 0 Å². The molecule has 2 saturated heterocycles. The Bertz CT molecular complexity index is 259. The summed E-state index contributed by atoms with van der Waals surface area (Å²) in [6, 6.07) is 0. The van der Waals surface area contributed by atoms with Gasteiger partial charge in [-0.15, -0.1) is 0 Å². The van der Waals surface area contributed by atoms with Crippen molar-refractivity contribution in [1.29, 1.82) is 0 Å². The second-order valence-corrected chi connectivity index (χ2v) is 10.3. The van der Waals surface area contributed by atoms with Crippen LogP contribution in [0.2, 0.25) is 0 Å². The lowest BCUT2D eigenvalue weighted by atomic mass is 15.6. The molecule has 0 saturated carbocycles. The fraction of sp³-hybridized carbons (Fsp3) is 0. The number of hydrogen-bond donors (Lipinski definition) is 0. The van der Waals surface area contributed by atoms with Gasteiger partial charge in [-0.25, -0.2) is 0 Å². The summed E-state index contributed by atoms with van der Waals surface area (Å²) in [5.41, 5.74) is 0. The zero-order valence-corrected chi connectivity index (χ0v) is 13.6. The summed E-state index contributed by atoms with van der Waals surface area (Å²) in [5, 5.41) is 0. The van der Waals surface area contributed by atoms with Crippen molar-refractivity contribution >= 4 is 57.8 Å². The fourth-order valence-corrected chi connectivity index (χ4v) is 7.75. The zero-order chi connectivity index (χ0) is 10.1. The molecule has 13 nitrogen and oxygen atoms in total. The van der Waals surface area contributed by atoms with Gasteiger partial charge >= 0.3 is 57.8 Å². The first-order valence-corrected chi connectivity index (χ1v) is 9.75. The Morgan fingerprint density at radius 2 is 1.06 bits per heavy atom. The fourth-order valence-electron chi connectivity index (χ4n) is 0.613. The van der Waals surface area contributed by atoms with Gasteiger partial charge in [-0.2, -0.15) is 0 Å². The minimum atomic E-state index is -2.83. The van der Waals surface area contributed by atoms with Crippen molar-refractivity contribution in [3.63, 3.8) is 0 Å². The third-order valence-electron chi connectivity index (χ3n) is 1.15. The molecular formula is H8Al2O13Si3. The summed E-state index contributed by atoms with van der Waals surface area (Å²) >= 11 is -4.99. The third-order valence-corrected chi connectivity index (χ3v) is 10.4. The van der Waals surface area contributed by atoms with Crippen LogP contribution < -0.4 is 0 Å². The number of rotatable bonds is 4. The molecule has 2 heterocycles. The van der Waals surface area contributed by atoms with Crippen LogP contribution in [-0.2, 0) is 34.3 Å². The van der Waals surface area contributed by atoms with Gasteiger partial charge in [-0.1, -0.05) is 0 Å². The van der Waals surface area contributed by atoms with Crippen molar-refractivity contribution in [3.05, 3.63) is 0 Å². The molecule has 0 unspecified atom stereocenters. The SMILES string of the molecule is O.O.O.O.O=[Si]1[O][Al]([O][Si](=O)[O][Al]2[O][Si](=O)[O]2)[O]1. The molecule has 18 heteroatoms. The van der Waals surface area contributed by atoms with Crippen LogP contribution in [0.4, 0.5) is 0 Å². The maximum absolute atomic E-state index is 11.0. The minimum Gasteiger partial charge on any atom is -0.590 e. The van der Waals surface area contributed by atoms with E-state index in [1.807, 2.05) is 0 Å². The first-order chi connectivity index (χ1) is 6.63. The molecule has 8 N–H and O–H groups in total. The molecule has 0 radical (unpaired) electrons. The van der Waals surface area contributed by atoms with E-state index in [0.29, 0.717) is 0 Å². The van der Waals surface area contributed by atoms with E-state index in [-0.39, 0.29) is 21.9 Å². The standard InChI is InChI=1S/2Al.3O3Si.4H2O/c;;3*1-4(2)3;;;;/h;;;;;4*1H2/q2*+3;3*-2;;;;. The van der Waals surface area contributed by atoms with E-state index in [0.717, 1.165) is 0 Å². The van der Waals surface area contributed by atoms with Crippen molar-refractivity contribution in [2.45, 2.75) is 0 Å². The van der Waals surface area contributed by atoms with Gasteiger partial charge in [-0.3, -0.25) is 13.4 Å². The van der Waals surface area contributed by atoms with Crippen LogP contribution in [0.25, 0.3) is 0 Å². The van der Waals surface area contributed by atoms with Crippen LogP contribution in [0.5, 0.6) is 0 Å². The van der Waals surface area contributed by atoms with Gasteiger partial charge in [0.05, 0.1) is 0 Å². The predicted molar refractivity (Wildman–Crippen MR) is 51.8 cm³/mol. The molecule has 0 atom stereocenters. The van der Waals surface area contributed by atoms with Gasteiger partial charge in [0, 0.05) is 0 Å². The van der Waals surface area contributed by atoms with Crippen LogP contribution >= 0.6 is 0 Å². The van der Waals surface area contributed by atoms with Crippen LogP contribution in [0, 0.1) is 0 Å². The topological polar surface area (TPSA) is 233 Å². The zero-order valence-electron chi connectivity index (χ0n) is 8.33. The monoisotopic (exact) mass is 354 g/mol. The highest BCUT2D eigenvalue weighted by Crippen LogP contribution is 2.07. The van der Waals surface area contributed by atoms with Gasteiger partial charge in [0.15, 0.2) is 0 Å². The van der Waals surface area contributed by atoms with Crippen molar-refractivity contribution < 1.29 is 56.2 Å². The smallest absolute Gasteiger partial charge is 0.590 e. The molecule has 0 amide bonds. The molecule has 0 spiro atoms. The van der Waals surface area contributed by atoms with E-state index >= 15 is 0 Å². The molecule has 18 heavy (non-hydrogen) atoms. The lowest BCUT2D eigenvalue weighted by Gasteiger charge is -2.22. The van der Waals surface area contributed by atoms with E-state index in [9.17, 15) is 13.4 Å². The molecule has 0 aromatic rings. The highest BCUT2D eigenvalue weighted by Gasteiger charge is 2.62. The molecular weight excluding hydrogens is 346 g/mol. The molecule has 104 valence electrons. The maximum atomic E-state index is 11.0. The Hall–Kier alpha value is -0.244. The quantitative estimate of drug-likeness (QED) is 0.436. The second kappa shape index (κ2) is 9.66. The second-order valence-electron chi connectivity index (χ2n) is 2.03. The Balaban J connectivity index is -0.000000562. The maximum Gasteiger partial charge on any atom is 1.16 e. The van der Waals surface area contributed by atoms with E-state index in [1.54, 1.807) is 0 Å². The molecule has 0 aromatic carbocycles. The summed E-state index contributed by atoms with van der Waals surface area (Å²) in [6.45, 7) is 0. The average Bonchev–Trinajstić information content (AvgIpc) is 1.98. The highest BCUT2D eigenvalue weighted by molar-refractivity contribution is 6.69. The van der Waals surface area contributed by atoms with E-state index in [4.69, 9.17) is 0 Å². The Labute approximate surface area is 114 Å².